The standard InChI is InChI=1S/C19H20N2O4/c1-13-8-9-16(10-14(13)2)25-12-18(22)21-20-11-15-6-4-5-7-17(15)19(23)24-3/h4-11H,12H2,1-3H3,(H,21,22)/b20-11-. The van der Waals surface area contributed by atoms with E-state index in [0.717, 1.165) is 11.1 Å². The molecular weight excluding hydrogens is 320 g/mol. The molecule has 130 valence electrons. The van der Waals surface area contributed by atoms with Crippen molar-refractivity contribution in [3.8, 4) is 5.75 Å². The maximum Gasteiger partial charge on any atom is 0.338 e. The Bertz CT molecular complexity index is 800. The molecule has 0 unspecified atom stereocenters. The Hall–Kier alpha value is -3.15. The third-order valence-electron chi connectivity index (χ3n) is 3.61. The number of carbonyl (C=O) groups is 2. The summed E-state index contributed by atoms with van der Waals surface area (Å²) in [5.74, 6) is -0.241. The van der Waals surface area contributed by atoms with E-state index in [1.165, 1.54) is 13.3 Å². The van der Waals surface area contributed by atoms with Crippen LogP contribution in [0.3, 0.4) is 0 Å². The van der Waals surface area contributed by atoms with Gasteiger partial charge in [-0.05, 0) is 43.2 Å². The Balaban J connectivity index is 1.90. The predicted octanol–water partition coefficient (Wildman–Crippen LogP) is 2.62. The molecule has 25 heavy (non-hydrogen) atoms. The van der Waals surface area contributed by atoms with Crippen LogP contribution in [0.4, 0.5) is 0 Å². The Kier molecular flexibility index (Phi) is 6.28. The second kappa shape index (κ2) is 8.63. The molecule has 2 aromatic carbocycles. The molecule has 0 fully saturated rings. The van der Waals surface area contributed by atoms with E-state index < -0.39 is 11.9 Å². The molecule has 6 nitrogen and oxygen atoms in total. The van der Waals surface area contributed by atoms with Crippen LogP contribution in [0.15, 0.2) is 47.6 Å². The van der Waals surface area contributed by atoms with Gasteiger partial charge in [0, 0.05) is 5.56 Å². The summed E-state index contributed by atoms with van der Waals surface area (Å²) in [6, 6.07) is 12.4. The second-order valence-electron chi connectivity index (χ2n) is 5.41. The van der Waals surface area contributed by atoms with Crippen LogP contribution in [0, 0.1) is 13.8 Å². The first kappa shape index (κ1) is 18.2. The molecule has 0 atom stereocenters. The molecule has 0 radical (unpaired) electrons. The van der Waals surface area contributed by atoms with Gasteiger partial charge in [0.05, 0.1) is 18.9 Å². The number of hydrogen-bond acceptors (Lipinski definition) is 5. The van der Waals surface area contributed by atoms with Gasteiger partial charge in [-0.2, -0.15) is 5.10 Å². The van der Waals surface area contributed by atoms with Crippen LogP contribution in [0.5, 0.6) is 5.75 Å². The number of nitrogens with zero attached hydrogens (tertiary/aromatic N) is 1. The van der Waals surface area contributed by atoms with E-state index in [2.05, 4.69) is 10.5 Å². The zero-order valence-corrected chi connectivity index (χ0v) is 14.4. The Morgan fingerprint density at radius 1 is 1.12 bits per heavy atom. The molecule has 0 spiro atoms. The summed E-state index contributed by atoms with van der Waals surface area (Å²) in [4.78, 5) is 23.4. The normalized spacial score (nSPS) is 10.5. The van der Waals surface area contributed by atoms with Gasteiger partial charge in [0.1, 0.15) is 5.75 Å². The van der Waals surface area contributed by atoms with Gasteiger partial charge in [0.15, 0.2) is 6.61 Å². The van der Waals surface area contributed by atoms with E-state index in [1.54, 1.807) is 24.3 Å². The molecule has 6 heteroatoms. The predicted molar refractivity (Wildman–Crippen MR) is 94.9 cm³/mol. The van der Waals surface area contributed by atoms with Crippen LogP contribution in [-0.4, -0.2) is 31.8 Å². The zero-order valence-electron chi connectivity index (χ0n) is 14.4. The second-order valence-corrected chi connectivity index (χ2v) is 5.41. The molecule has 0 aliphatic carbocycles. The molecule has 1 N–H and O–H groups in total. The SMILES string of the molecule is COC(=O)c1ccccc1/C=N\NC(=O)COc1ccc(C)c(C)c1. The summed E-state index contributed by atoms with van der Waals surface area (Å²) in [7, 11) is 1.31. The number of benzene rings is 2. The minimum atomic E-state index is -0.466. The van der Waals surface area contributed by atoms with Gasteiger partial charge in [-0.3, -0.25) is 4.79 Å². The summed E-state index contributed by atoms with van der Waals surface area (Å²) in [6.07, 6.45) is 1.39. The first-order valence-electron chi connectivity index (χ1n) is 7.70. The van der Waals surface area contributed by atoms with E-state index in [1.807, 2.05) is 32.0 Å². The fourth-order valence-electron chi connectivity index (χ4n) is 2.06. The van der Waals surface area contributed by atoms with Crippen molar-refractivity contribution >= 4 is 18.1 Å². The highest BCUT2D eigenvalue weighted by Gasteiger charge is 2.09. The largest absolute Gasteiger partial charge is 0.484 e. The Labute approximate surface area is 146 Å². The van der Waals surface area contributed by atoms with Gasteiger partial charge in [-0.25, -0.2) is 10.2 Å². The fraction of sp³-hybridized carbons (Fsp3) is 0.211. The lowest BCUT2D eigenvalue weighted by Gasteiger charge is -2.07. The highest BCUT2D eigenvalue weighted by molar-refractivity contribution is 5.99. The average Bonchev–Trinajstić information content (AvgIpc) is 2.62. The molecule has 2 rings (SSSR count). The zero-order chi connectivity index (χ0) is 18.2. The number of nitrogens with one attached hydrogen (secondary N) is 1. The lowest BCUT2D eigenvalue weighted by atomic mass is 10.1. The molecule has 0 aromatic heterocycles. The number of ether oxygens (including phenoxy) is 2. The number of methoxy groups -OCH3 is 1. The molecule has 0 bridgehead atoms. The Morgan fingerprint density at radius 2 is 1.88 bits per heavy atom. The molecule has 0 heterocycles. The minimum Gasteiger partial charge on any atom is -0.484 e. The maximum absolute atomic E-state index is 11.8. The number of hydrogen-bond donors (Lipinski definition) is 1. The summed E-state index contributed by atoms with van der Waals surface area (Å²) >= 11 is 0. The summed E-state index contributed by atoms with van der Waals surface area (Å²) in [5.41, 5.74) is 5.53. The number of carbonyl (C=O) groups excluding carboxylic acids is 2. The van der Waals surface area contributed by atoms with Crippen molar-refractivity contribution in [1.29, 1.82) is 0 Å². The third-order valence-corrected chi connectivity index (χ3v) is 3.61. The summed E-state index contributed by atoms with van der Waals surface area (Å²) < 4.78 is 10.1. The van der Waals surface area contributed by atoms with Crippen LogP contribution in [0.25, 0.3) is 0 Å². The van der Waals surface area contributed by atoms with E-state index in [9.17, 15) is 9.59 Å². The number of hydrazone groups is 1. The van der Waals surface area contributed by atoms with E-state index in [4.69, 9.17) is 9.47 Å². The average molecular weight is 340 g/mol. The molecule has 0 aliphatic rings. The molecule has 2 aromatic rings. The lowest BCUT2D eigenvalue weighted by molar-refractivity contribution is -0.123. The lowest BCUT2D eigenvalue weighted by Crippen LogP contribution is -2.24. The molecule has 0 aliphatic heterocycles. The van der Waals surface area contributed by atoms with Gasteiger partial charge in [-0.1, -0.05) is 24.3 Å². The summed E-state index contributed by atoms with van der Waals surface area (Å²) in [6.45, 7) is 3.83. The van der Waals surface area contributed by atoms with Gasteiger partial charge in [0.25, 0.3) is 5.91 Å². The van der Waals surface area contributed by atoms with Crippen LogP contribution < -0.4 is 10.2 Å². The number of rotatable bonds is 6. The smallest absolute Gasteiger partial charge is 0.338 e. The highest BCUT2D eigenvalue weighted by atomic mass is 16.5. The van der Waals surface area contributed by atoms with E-state index in [-0.39, 0.29) is 6.61 Å². The van der Waals surface area contributed by atoms with Gasteiger partial charge in [-0.15, -0.1) is 0 Å². The van der Waals surface area contributed by atoms with Gasteiger partial charge >= 0.3 is 5.97 Å². The van der Waals surface area contributed by atoms with Crippen molar-refractivity contribution < 1.29 is 19.1 Å². The summed E-state index contributed by atoms with van der Waals surface area (Å²) in [5, 5.41) is 3.85. The molecule has 1 amide bonds. The topological polar surface area (TPSA) is 77.0 Å². The highest BCUT2D eigenvalue weighted by Crippen LogP contribution is 2.16. The monoisotopic (exact) mass is 340 g/mol. The molecule has 0 saturated carbocycles. The van der Waals surface area contributed by atoms with Crippen molar-refractivity contribution in [2.24, 2.45) is 5.10 Å². The maximum atomic E-state index is 11.8. The minimum absolute atomic E-state index is 0.154. The number of aryl methyl sites for hydroxylation is 2. The third kappa shape index (κ3) is 5.17. The first-order chi connectivity index (χ1) is 12.0. The van der Waals surface area contributed by atoms with Crippen molar-refractivity contribution in [2.45, 2.75) is 13.8 Å². The molecule has 0 saturated heterocycles. The van der Waals surface area contributed by atoms with E-state index >= 15 is 0 Å². The number of amides is 1. The van der Waals surface area contributed by atoms with Crippen molar-refractivity contribution in [3.05, 3.63) is 64.7 Å². The fourth-order valence-corrected chi connectivity index (χ4v) is 2.06. The van der Waals surface area contributed by atoms with Crippen molar-refractivity contribution in [3.63, 3.8) is 0 Å². The quantitative estimate of drug-likeness (QED) is 0.498. The van der Waals surface area contributed by atoms with Gasteiger partial charge in [0.2, 0.25) is 0 Å². The van der Waals surface area contributed by atoms with E-state index in [0.29, 0.717) is 16.9 Å². The first-order valence-corrected chi connectivity index (χ1v) is 7.70. The molecular formula is C19H20N2O4. The van der Waals surface area contributed by atoms with Crippen molar-refractivity contribution in [1.82, 2.24) is 5.43 Å². The van der Waals surface area contributed by atoms with Crippen LogP contribution in [0.1, 0.15) is 27.0 Å². The number of esters is 1. The van der Waals surface area contributed by atoms with Crippen LogP contribution in [0.2, 0.25) is 0 Å². The van der Waals surface area contributed by atoms with Gasteiger partial charge < -0.3 is 9.47 Å². The Morgan fingerprint density at radius 3 is 2.60 bits per heavy atom. The van der Waals surface area contributed by atoms with Crippen molar-refractivity contribution in [2.75, 3.05) is 13.7 Å². The van der Waals surface area contributed by atoms with Crippen LogP contribution >= 0.6 is 0 Å². The van der Waals surface area contributed by atoms with Crippen LogP contribution in [-0.2, 0) is 9.53 Å².